The standard InChI is InChI=1S/C11H22N2/c1-4-7-10(12)11(2,3)13-8-5-6-9-13/h4,10H,1,5-9,12H2,2-3H3. The van der Waals surface area contributed by atoms with Crippen LogP contribution in [-0.2, 0) is 0 Å². The minimum atomic E-state index is 0.130. The Labute approximate surface area is 81.8 Å². The Hall–Kier alpha value is -0.340. The van der Waals surface area contributed by atoms with E-state index in [0.29, 0.717) is 0 Å². The zero-order valence-electron chi connectivity index (χ0n) is 8.92. The number of rotatable bonds is 4. The number of likely N-dealkylation sites (tertiary alicyclic amines) is 1. The molecule has 13 heavy (non-hydrogen) atoms. The summed E-state index contributed by atoms with van der Waals surface area (Å²) in [6, 6.07) is 0.211. The Morgan fingerprint density at radius 2 is 2.00 bits per heavy atom. The molecule has 1 fully saturated rings. The van der Waals surface area contributed by atoms with Crippen molar-refractivity contribution in [3.63, 3.8) is 0 Å². The summed E-state index contributed by atoms with van der Waals surface area (Å²) in [6.45, 7) is 10.6. The van der Waals surface area contributed by atoms with Crippen LogP contribution in [0, 0.1) is 0 Å². The number of hydrogen-bond acceptors (Lipinski definition) is 2. The van der Waals surface area contributed by atoms with Crippen molar-refractivity contribution in [2.45, 2.75) is 44.7 Å². The van der Waals surface area contributed by atoms with E-state index >= 15 is 0 Å². The van der Waals surface area contributed by atoms with E-state index in [4.69, 9.17) is 5.73 Å². The fraction of sp³-hybridized carbons (Fsp3) is 0.818. The summed E-state index contributed by atoms with van der Waals surface area (Å²) < 4.78 is 0. The molecule has 2 heteroatoms. The highest BCUT2D eigenvalue weighted by molar-refractivity contribution is 4.96. The zero-order valence-corrected chi connectivity index (χ0v) is 8.92. The molecule has 1 heterocycles. The van der Waals surface area contributed by atoms with Crippen LogP contribution in [0.15, 0.2) is 12.7 Å². The molecule has 0 aromatic carbocycles. The summed E-state index contributed by atoms with van der Waals surface area (Å²) in [5.41, 5.74) is 6.26. The van der Waals surface area contributed by atoms with Gasteiger partial charge in [0.2, 0.25) is 0 Å². The molecule has 76 valence electrons. The summed E-state index contributed by atoms with van der Waals surface area (Å²) in [5, 5.41) is 0. The van der Waals surface area contributed by atoms with Crippen LogP contribution in [0.1, 0.15) is 33.1 Å². The highest BCUT2D eigenvalue weighted by Crippen LogP contribution is 2.24. The van der Waals surface area contributed by atoms with Crippen LogP contribution in [0.5, 0.6) is 0 Å². The molecule has 1 aliphatic rings. The van der Waals surface area contributed by atoms with Crippen molar-refractivity contribution in [2.24, 2.45) is 5.73 Å². The first-order valence-electron chi connectivity index (χ1n) is 5.20. The fourth-order valence-electron chi connectivity index (χ4n) is 2.00. The predicted octanol–water partition coefficient (Wildman–Crippen LogP) is 1.76. The van der Waals surface area contributed by atoms with Crippen molar-refractivity contribution in [3.05, 3.63) is 12.7 Å². The molecule has 0 aromatic heterocycles. The predicted molar refractivity (Wildman–Crippen MR) is 57.7 cm³/mol. The van der Waals surface area contributed by atoms with Crippen molar-refractivity contribution in [1.29, 1.82) is 0 Å². The second kappa shape index (κ2) is 4.25. The molecule has 1 saturated heterocycles. The van der Waals surface area contributed by atoms with Crippen molar-refractivity contribution in [1.82, 2.24) is 4.90 Å². The summed E-state index contributed by atoms with van der Waals surface area (Å²) in [7, 11) is 0. The van der Waals surface area contributed by atoms with Crippen LogP contribution >= 0.6 is 0 Å². The quantitative estimate of drug-likeness (QED) is 0.671. The van der Waals surface area contributed by atoms with Gasteiger partial charge in [-0.25, -0.2) is 0 Å². The van der Waals surface area contributed by atoms with Gasteiger partial charge in [0, 0.05) is 11.6 Å². The zero-order chi connectivity index (χ0) is 9.90. The molecule has 0 aromatic rings. The maximum Gasteiger partial charge on any atom is 0.0307 e. The second-order valence-electron chi connectivity index (χ2n) is 4.48. The molecule has 1 unspecified atom stereocenters. The molecule has 0 radical (unpaired) electrons. The molecule has 2 N–H and O–H groups in total. The maximum absolute atomic E-state index is 6.13. The van der Waals surface area contributed by atoms with E-state index in [9.17, 15) is 0 Å². The normalized spacial score (nSPS) is 21.8. The highest BCUT2D eigenvalue weighted by Gasteiger charge is 2.33. The monoisotopic (exact) mass is 182 g/mol. The number of nitrogens with two attached hydrogens (primary N) is 1. The largest absolute Gasteiger partial charge is 0.326 e. The smallest absolute Gasteiger partial charge is 0.0307 e. The first-order chi connectivity index (χ1) is 6.09. The molecule has 0 spiro atoms. The minimum absolute atomic E-state index is 0.130. The Bertz CT molecular complexity index is 169. The van der Waals surface area contributed by atoms with Gasteiger partial charge in [0.1, 0.15) is 0 Å². The van der Waals surface area contributed by atoms with Gasteiger partial charge >= 0.3 is 0 Å². The van der Waals surface area contributed by atoms with Crippen molar-refractivity contribution in [2.75, 3.05) is 13.1 Å². The van der Waals surface area contributed by atoms with E-state index in [1.807, 2.05) is 6.08 Å². The summed E-state index contributed by atoms with van der Waals surface area (Å²) in [5.74, 6) is 0. The van der Waals surface area contributed by atoms with Crippen molar-refractivity contribution in [3.8, 4) is 0 Å². The van der Waals surface area contributed by atoms with E-state index in [-0.39, 0.29) is 11.6 Å². The average molecular weight is 182 g/mol. The van der Waals surface area contributed by atoms with Crippen LogP contribution in [0.4, 0.5) is 0 Å². The van der Waals surface area contributed by atoms with Crippen LogP contribution in [0.3, 0.4) is 0 Å². The van der Waals surface area contributed by atoms with Crippen LogP contribution in [0.2, 0.25) is 0 Å². The lowest BCUT2D eigenvalue weighted by molar-refractivity contribution is 0.124. The van der Waals surface area contributed by atoms with Gasteiger partial charge < -0.3 is 5.73 Å². The van der Waals surface area contributed by atoms with Crippen LogP contribution < -0.4 is 5.73 Å². The molecule has 1 atom stereocenters. The van der Waals surface area contributed by atoms with Gasteiger partial charge in [0.25, 0.3) is 0 Å². The third-order valence-corrected chi connectivity index (χ3v) is 3.25. The average Bonchev–Trinajstić information content (AvgIpc) is 2.56. The van der Waals surface area contributed by atoms with Gasteiger partial charge in [-0.3, -0.25) is 4.90 Å². The molecule has 1 aliphatic heterocycles. The van der Waals surface area contributed by atoms with Crippen molar-refractivity contribution >= 4 is 0 Å². The lowest BCUT2D eigenvalue weighted by Gasteiger charge is -2.40. The van der Waals surface area contributed by atoms with Gasteiger partial charge in [0.05, 0.1) is 0 Å². The number of hydrogen-bond donors (Lipinski definition) is 1. The first-order valence-corrected chi connectivity index (χ1v) is 5.20. The van der Waals surface area contributed by atoms with E-state index in [1.54, 1.807) is 0 Å². The second-order valence-corrected chi connectivity index (χ2v) is 4.48. The van der Waals surface area contributed by atoms with Gasteiger partial charge in [-0.2, -0.15) is 0 Å². The molecular formula is C11H22N2. The molecular weight excluding hydrogens is 160 g/mol. The third-order valence-electron chi connectivity index (χ3n) is 3.25. The Balaban J connectivity index is 2.56. The molecule has 0 aliphatic carbocycles. The van der Waals surface area contributed by atoms with Gasteiger partial charge in [-0.05, 0) is 46.2 Å². The van der Waals surface area contributed by atoms with Crippen LogP contribution in [-0.4, -0.2) is 29.6 Å². The Kier molecular flexibility index (Phi) is 3.51. The van der Waals surface area contributed by atoms with Gasteiger partial charge in [-0.15, -0.1) is 6.58 Å². The van der Waals surface area contributed by atoms with Crippen molar-refractivity contribution < 1.29 is 0 Å². The maximum atomic E-state index is 6.13. The number of nitrogens with zero attached hydrogens (tertiary/aromatic N) is 1. The van der Waals surface area contributed by atoms with E-state index < -0.39 is 0 Å². The van der Waals surface area contributed by atoms with Gasteiger partial charge in [-0.1, -0.05) is 6.08 Å². The molecule has 2 nitrogen and oxygen atoms in total. The molecule has 0 amide bonds. The molecule has 1 rings (SSSR count). The highest BCUT2D eigenvalue weighted by atomic mass is 15.2. The summed E-state index contributed by atoms with van der Waals surface area (Å²) >= 11 is 0. The van der Waals surface area contributed by atoms with E-state index in [1.165, 1.54) is 25.9 Å². The SMILES string of the molecule is C=CCC(N)C(C)(C)N1CCCC1. The third kappa shape index (κ3) is 2.32. The van der Waals surface area contributed by atoms with E-state index in [0.717, 1.165) is 6.42 Å². The van der Waals surface area contributed by atoms with Crippen LogP contribution in [0.25, 0.3) is 0 Å². The van der Waals surface area contributed by atoms with E-state index in [2.05, 4.69) is 25.3 Å². The lowest BCUT2D eigenvalue weighted by atomic mass is 9.91. The molecule has 0 bridgehead atoms. The Morgan fingerprint density at radius 3 is 2.46 bits per heavy atom. The van der Waals surface area contributed by atoms with Gasteiger partial charge in [0.15, 0.2) is 0 Å². The Morgan fingerprint density at radius 1 is 1.46 bits per heavy atom. The minimum Gasteiger partial charge on any atom is -0.326 e. The topological polar surface area (TPSA) is 29.3 Å². The fourth-order valence-corrected chi connectivity index (χ4v) is 2.00. The first kappa shape index (κ1) is 10.7. The summed E-state index contributed by atoms with van der Waals surface area (Å²) in [6.07, 6.45) is 5.47. The summed E-state index contributed by atoms with van der Waals surface area (Å²) in [4.78, 5) is 2.50. The lowest BCUT2D eigenvalue weighted by Crippen LogP contribution is -2.54. The molecule has 0 saturated carbocycles.